The quantitative estimate of drug-likeness (QED) is 0.676. The Bertz CT molecular complexity index is 1040. The summed E-state index contributed by atoms with van der Waals surface area (Å²) in [6, 6.07) is 26.2. The Morgan fingerprint density at radius 2 is 1.45 bits per heavy atom. The molecule has 0 fully saturated rings. The van der Waals surface area contributed by atoms with E-state index in [4.69, 9.17) is 0 Å². The fraction of sp³-hybridized carbons (Fsp3) is 0.120. The molecule has 0 saturated heterocycles. The molecule has 4 nitrogen and oxygen atoms in total. The molecule has 0 aliphatic carbocycles. The molecule has 29 heavy (non-hydrogen) atoms. The predicted octanol–water partition coefficient (Wildman–Crippen LogP) is 4.10. The number of nitrogens with one attached hydrogen (secondary N) is 1. The normalized spacial score (nSPS) is 15.7. The van der Waals surface area contributed by atoms with E-state index < -0.39 is 6.04 Å². The van der Waals surface area contributed by atoms with Crippen LogP contribution in [-0.2, 0) is 22.7 Å². The summed E-state index contributed by atoms with van der Waals surface area (Å²) in [6.07, 6.45) is 0. The van der Waals surface area contributed by atoms with Crippen LogP contribution >= 0.6 is 0 Å². The van der Waals surface area contributed by atoms with E-state index >= 15 is 0 Å². The highest BCUT2D eigenvalue weighted by molar-refractivity contribution is 6.21. The molecule has 1 atom stereocenters. The molecule has 1 heterocycles. The number of carbonyl (C=O) groups excluding carboxylic acids is 2. The Labute approximate surface area is 170 Å². The summed E-state index contributed by atoms with van der Waals surface area (Å²) in [5.74, 6) is -0.412. The molecule has 0 aromatic heterocycles. The molecule has 1 N–H and O–H groups in total. The number of fused-ring (bicyclic) bond motifs is 1. The van der Waals surface area contributed by atoms with Crippen molar-refractivity contribution < 1.29 is 9.59 Å². The maximum atomic E-state index is 13.3. The van der Waals surface area contributed by atoms with Crippen LogP contribution in [0, 0.1) is 0 Å². The van der Waals surface area contributed by atoms with E-state index in [1.54, 1.807) is 4.90 Å². The predicted molar refractivity (Wildman–Crippen MR) is 113 cm³/mol. The maximum Gasteiger partial charge on any atom is 0.255 e. The van der Waals surface area contributed by atoms with E-state index in [0.29, 0.717) is 18.7 Å². The minimum absolute atomic E-state index is 0.196. The van der Waals surface area contributed by atoms with Gasteiger partial charge in [-0.3, -0.25) is 9.59 Å². The van der Waals surface area contributed by atoms with Crippen molar-refractivity contribution in [3.63, 3.8) is 0 Å². The molecule has 4 heteroatoms. The van der Waals surface area contributed by atoms with Crippen molar-refractivity contribution in [2.45, 2.75) is 19.1 Å². The monoisotopic (exact) mass is 382 g/mol. The van der Waals surface area contributed by atoms with Crippen LogP contribution in [-0.4, -0.2) is 16.7 Å². The van der Waals surface area contributed by atoms with Crippen LogP contribution in [0.25, 0.3) is 5.57 Å². The van der Waals surface area contributed by atoms with E-state index in [1.165, 1.54) is 0 Å². The van der Waals surface area contributed by atoms with Crippen LogP contribution in [0.15, 0.2) is 91.5 Å². The van der Waals surface area contributed by atoms with Crippen LogP contribution in [0.5, 0.6) is 0 Å². The molecule has 144 valence electrons. The number of hydrogen-bond acceptors (Lipinski definition) is 2. The summed E-state index contributed by atoms with van der Waals surface area (Å²) in [7, 11) is 0. The van der Waals surface area contributed by atoms with Crippen LogP contribution < -0.4 is 5.32 Å². The van der Waals surface area contributed by atoms with Gasteiger partial charge in [0.05, 0.1) is 0 Å². The standard InChI is InChI=1S/C25H22N2O2/c1-18-21-14-8-9-15-22(21)23(24(28)26-16-19-10-4-2-5-11-19)27(25(18)29)17-20-12-6-3-7-13-20/h2-15,23H,1,16-17H2,(H,26,28). The minimum atomic E-state index is -0.701. The fourth-order valence-corrected chi connectivity index (χ4v) is 3.69. The highest BCUT2D eigenvalue weighted by atomic mass is 16.2. The third-order valence-corrected chi connectivity index (χ3v) is 5.16. The van der Waals surface area contributed by atoms with Gasteiger partial charge in [-0.05, 0) is 22.3 Å². The second-order valence-corrected chi connectivity index (χ2v) is 7.09. The van der Waals surface area contributed by atoms with Crippen LogP contribution in [0.3, 0.4) is 0 Å². The van der Waals surface area contributed by atoms with E-state index in [-0.39, 0.29) is 11.8 Å². The average Bonchev–Trinajstić information content (AvgIpc) is 2.77. The molecular weight excluding hydrogens is 360 g/mol. The molecule has 3 aromatic carbocycles. The van der Waals surface area contributed by atoms with Gasteiger partial charge in [0, 0.05) is 18.7 Å². The molecule has 3 aromatic rings. The van der Waals surface area contributed by atoms with E-state index in [0.717, 1.165) is 22.3 Å². The van der Waals surface area contributed by atoms with Crippen molar-refractivity contribution in [2.75, 3.05) is 0 Å². The smallest absolute Gasteiger partial charge is 0.255 e. The molecular formula is C25H22N2O2. The maximum absolute atomic E-state index is 13.3. The summed E-state index contributed by atoms with van der Waals surface area (Å²) >= 11 is 0. The van der Waals surface area contributed by atoms with Gasteiger partial charge in [-0.1, -0.05) is 91.5 Å². The SMILES string of the molecule is C=C1C(=O)N(Cc2ccccc2)C(C(=O)NCc2ccccc2)c2ccccc21. The zero-order valence-corrected chi connectivity index (χ0v) is 16.0. The lowest BCUT2D eigenvalue weighted by atomic mass is 9.88. The van der Waals surface area contributed by atoms with Crippen molar-refractivity contribution in [2.24, 2.45) is 0 Å². The Balaban J connectivity index is 1.67. The van der Waals surface area contributed by atoms with Gasteiger partial charge in [0.15, 0.2) is 0 Å². The summed E-state index contributed by atoms with van der Waals surface area (Å²) < 4.78 is 0. The second-order valence-electron chi connectivity index (χ2n) is 7.09. The van der Waals surface area contributed by atoms with Gasteiger partial charge in [-0.25, -0.2) is 0 Å². The third-order valence-electron chi connectivity index (χ3n) is 5.16. The lowest BCUT2D eigenvalue weighted by molar-refractivity contribution is -0.138. The fourth-order valence-electron chi connectivity index (χ4n) is 3.69. The Kier molecular flexibility index (Phi) is 5.25. The van der Waals surface area contributed by atoms with E-state index in [1.807, 2.05) is 84.9 Å². The summed E-state index contributed by atoms with van der Waals surface area (Å²) in [5.41, 5.74) is 3.94. The highest BCUT2D eigenvalue weighted by Gasteiger charge is 2.38. The molecule has 4 rings (SSSR count). The van der Waals surface area contributed by atoms with E-state index in [9.17, 15) is 9.59 Å². The topological polar surface area (TPSA) is 49.4 Å². The van der Waals surface area contributed by atoms with Crippen molar-refractivity contribution in [3.05, 3.63) is 114 Å². The summed E-state index contributed by atoms with van der Waals surface area (Å²) in [4.78, 5) is 28.0. The van der Waals surface area contributed by atoms with Gasteiger partial charge in [-0.2, -0.15) is 0 Å². The minimum Gasteiger partial charge on any atom is -0.350 e. The van der Waals surface area contributed by atoms with Crippen LogP contribution in [0.4, 0.5) is 0 Å². The number of benzene rings is 3. The lowest BCUT2D eigenvalue weighted by Crippen LogP contribution is -2.46. The molecule has 0 saturated carbocycles. The Morgan fingerprint density at radius 3 is 2.14 bits per heavy atom. The summed E-state index contributed by atoms with van der Waals surface area (Å²) in [5, 5.41) is 3.00. The van der Waals surface area contributed by atoms with Crippen molar-refractivity contribution in [1.29, 1.82) is 0 Å². The zero-order valence-electron chi connectivity index (χ0n) is 16.0. The number of amides is 2. The molecule has 1 unspecified atom stereocenters. The highest BCUT2D eigenvalue weighted by Crippen LogP contribution is 2.36. The number of carbonyl (C=O) groups is 2. The van der Waals surface area contributed by atoms with Crippen molar-refractivity contribution in [3.8, 4) is 0 Å². The molecule has 2 amide bonds. The first-order valence-corrected chi connectivity index (χ1v) is 9.60. The number of nitrogens with zero attached hydrogens (tertiary/aromatic N) is 1. The van der Waals surface area contributed by atoms with Gasteiger partial charge in [0.25, 0.3) is 5.91 Å². The van der Waals surface area contributed by atoms with Crippen LogP contribution in [0.1, 0.15) is 28.3 Å². The molecule has 0 spiro atoms. The van der Waals surface area contributed by atoms with Gasteiger partial charge in [0.2, 0.25) is 5.91 Å². The van der Waals surface area contributed by atoms with Crippen LogP contribution in [0.2, 0.25) is 0 Å². The van der Waals surface area contributed by atoms with Gasteiger partial charge < -0.3 is 10.2 Å². The van der Waals surface area contributed by atoms with Crippen molar-refractivity contribution in [1.82, 2.24) is 10.2 Å². The summed E-state index contributed by atoms with van der Waals surface area (Å²) in [6.45, 7) is 4.75. The first-order chi connectivity index (χ1) is 14.1. The molecule has 0 bridgehead atoms. The Hall–Kier alpha value is -3.66. The first-order valence-electron chi connectivity index (χ1n) is 9.60. The van der Waals surface area contributed by atoms with Gasteiger partial charge in [-0.15, -0.1) is 0 Å². The molecule has 1 aliphatic heterocycles. The van der Waals surface area contributed by atoms with E-state index in [2.05, 4.69) is 11.9 Å². The van der Waals surface area contributed by atoms with Gasteiger partial charge in [0.1, 0.15) is 6.04 Å². The second kappa shape index (κ2) is 8.15. The Morgan fingerprint density at radius 1 is 0.862 bits per heavy atom. The lowest BCUT2D eigenvalue weighted by Gasteiger charge is -2.37. The zero-order chi connectivity index (χ0) is 20.2. The molecule has 0 radical (unpaired) electrons. The number of rotatable bonds is 5. The first kappa shape index (κ1) is 18.7. The largest absolute Gasteiger partial charge is 0.350 e. The molecule has 1 aliphatic rings. The van der Waals surface area contributed by atoms with Gasteiger partial charge >= 0.3 is 0 Å². The number of hydrogen-bond donors (Lipinski definition) is 1. The third kappa shape index (κ3) is 3.83. The van der Waals surface area contributed by atoms with Crippen molar-refractivity contribution >= 4 is 17.4 Å². The average molecular weight is 382 g/mol.